The predicted octanol–water partition coefficient (Wildman–Crippen LogP) is 2.34. The van der Waals surface area contributed by atoms with Crippen LogP contribution in [0.5, 0.6) is 0 Å². The van der Waals surface area contributed by atoms with E-state index in [1.54, 1.807) is 12.1 Å². The third kappa shape index (κ3) is 6.96. The lowest BCUT2D eigenvalue weighted by Gasteiger charge is -2.37. The van der Waals surface area contributed by atoms with Crippen molar-refractivity contribution in [2.24, 2.45) is 5.73 Å². The summed E-state index contributed by atoms with van der Waals surface area (Å²) < 4.78 is 0. The van der Waals surface area contributed by atoms with Gasteiger partial charge in [0, 0.05) is 49.1 Å². The maximum absolute atomic E-state index is 12.9. The van der Waals surface area contributed by atoms with E-state index in [-0.39, 0.29) is 47.6 Å². The van der Waals surface area contributed by atoms with E-state index >= 15 is 0 Å². The Balaban J connectivity index is 0.00000392. The first-order valence-corrected chi connectivity index (χ1v) is 9.98. The van der Waals surface area contributed by atoms with Gasteiger partial charge in [0.2, 0.25) is 11.8 Å². The molecule has 10 heteroatoms. The second-order valence-corrected chi connectivity index (χ2v) is 7.95. The highest BCUT2D eigenvalue weighted by Crippen LogP contribution is 2.28. The highest BCUT2D eigenvalue weighted by Gasteiger charge is 2.30. The van der Waals surface area contributed by atoms with Gasteiger partial charge in [0.25, 0.3) is 5.69 Å². The molecule has 2 atom stereocenters. The second-order valence-electron chi connectivity index (χ2n) is 6.54. The SMILES string of the molecule is CC(Sc1ccc([N+](=O)[O-])cc1)C(=O)N1CCCCC1CNC(=O)CCN.Cl. The largest absolute Gasteiger partial charge is 0.354 e. The van der Waals surface area contributed by atoms with E-state index in [4.69, 9.17) is 5.73 Å². The zero-order chi connectivity index (χ0) is 19.8. The Morgan fingerprint density at radius 3 is 2.64 bits per heavy atom. The summed E-state index contributed by atoms with van der Waals surface area (Å²) in [5.41, 5.74) is 5.42. The topological polar surface area (TPSA) is 119 Å². The number of rotatable bonds is 8. The van der Waals surface area contributed by atoms with Crippen LogP contribution < -0.4 is 11.1 Å². The molecule has 0 aromatic heterocycles. The van der Waals surface area contributed by atoms with Gasteiger partial charge < -0.3 is 16.0 Å². The molecule has 2 amide bonds. The number of carbonyl (C=O) groups excluding carboxylic acids is 2. The normalized spacial score (nSPS) is 17.4. The summed E-state index contributed by atoms with van der Waals surface area (Å²) in [5.74, 6) is -0.0695. The molecular formula is C18H27ClN4O4S. The molecule has 1 aliphatic heterocycles. The first-order valence-electron chi connectivity index (χ1n) is 9.10. The van der Waals surface area contributed by atoms with Crippen LogP contribution in [0.2, 0.25) is 0 Å². The Morgan fingerprint density at radius 2 is 2.04 bits per heavy atom. The van der Waals surface area contributed by atoms with Gasteiger partial charge in [-0.3, -0.25) is 19.7 Å². The van der Waals surface area contributed by atoms with E-state index in [0.29, 0.717) is 19.6 Å². The summed E-state index contributed by atoms with van der Waals surface area (Å²) >= 11 is 1.38. The third-order valence-corrected chi connectivity index (χ3v) is 5.62. The molecule has 0 aliphatic carbocycles. The molecule has 1 aromatic carbocycles. The molecule has 156 valence electrons. The number of hydrogen-bond acceptors (Lipinski definition) is 6. The first kappa shape index (κ1) is 24.2. The quantitative estimate of drug-likeness (QED) is 0.371. The molecule has 28 heavy (non-hydrogen) atoms. The molecule has 2 rings (SSSR count). The van der Waals surface area contributed by atoms with E-state index in [1.165, 1.54) is 23.9 Å². The number of piperidine rings is 1. The lowest BCUT2D eigenvalue weighted by atomic mass is 10.0. The molecular weight excluding hydrogens is 404 g/mol. The van der Waals surface area contributed by atoms with Crippen LogP contribution >= 0.6 is 24.2 Å². The Hall–Kier alpha value is -1.84. The van der Waals surface area contributed by atoms with Crippen molar-refractivity contribution in [2.45, 2.75) is 48.8 Å². The molecule has 1 heterocycles. The number of nitrogens with zero attached hydrogens (tertiary/aromatic N) is 2. The van der Waals surface area contributed by atoms with Crippen LogP contribution in [0.1, 0.15) is 32.6 Å². The molecule has 2 unspecified atom stereocenters. The van der Waals surface area contributed by atoms with E-state index in [1.807, 2.05) is 11.8 Å². The number of likely N-dealkylation sites (tertiary alicyclic amines) is 1. The molecule has 3 N–H and O–H groups in total. The molecule has 1 fully saturated rings. The Bertz CT molecular complexity index is 674. The molecule has 1 saturated heterocycles. The molecule has 0 saturated carbocycles. The Kier molecular flexibility index (Phi) is 10.3. The zero-order valence-electron chi connectivity index (χ0n) is 15.8. The van der Waals surface area contributed by atoms with Crippen molar-refractivity contribution in [1.82, 2.24) is 10.2 Å². The number of nitrogens with two attached hydrogens (primary N) is 1. The van der Waals surface area contributed by atoms with Crippen molar-refractivity contribution in [3.05, 3.63) is 34.4 Å². The maximum Gasteiger partial charge on any atom is 0.269 e. The van der Waals surface area contributed by atoms with Gasteiger partial charge in [0.05, 0.1) is 10.2 Å². The van der Waals surface area contributed by atoms with Gasteiger partial charge in [-0.2, -0.15) is 0 Å². The number of thioether (sulfide) groups is 1. The van der Waals surface area contributed by atoms with E-state index < -0.39 is 4.92 Å². The number of hydrogen-bond donors (Lipinski definition) is 2. The molecule has 1 aromatic rings. The molecule has 8 nitrogen and oxygen atoms in total. The number of nitro groups is 1. The van der Waals surface area contributed by atoms with Crippen molar-refractivity contribution in [3.8, 4) is 0 Å². The van der Waals surface area contributed by atoms with E-state index in [2.05, 4.69) is 5.32 Å². The number of non-ortho nitro benzene ring substituents is 1. The van der Waals surface area contributed by atoms with Crippen molar-refractivity contribution in [3.63, 3.8) is 0 Å². The van der Waals surface area contributed by atoms with Crippen molar-refractivity contribution in [2.75, 3.05) is 19.6 Å². The van der Waals surface area contributed by atoms with Gasteiger partial charge in [-0.15, -0.1) is 24.2 Å². The van der Waals surface area contributed by atoms with Crippen LogP contribution in [0.25, 0.3) is 0 Å². The number of benzene rings is 1. The first-order chi connectivity index (χ1) is 12.9. The Morgan fingerprint density at radius 1 is 1.36 bits per heavy atom. The number of amides is 2. The van der Waals surface area contributed by atoms with Gasteiger partial charge in [-0.1, -0.05) is 0 Å². The minimum atomic E-state index is -0.444. The third-order valence-electron chi connectivity index (χ3n) is 4.52. The van der Waals surface area contributed by atoms with E-state index in [9.17, 15) is 19.7 Å². The highest BCUT2D eigenvalue weighted by molar-refractivity contribution is 8.00. The lowest BCUT2D eigenvalue weighted by molar-refractivity contribution is -0.384. The van der Waals surface area contributed by atoms with Crippen molar-refractivity contribution in [1.29, 1.82) is 0 Å². The highest BCUT2D eigenvalue weighted by atomic mass is 35.5. The summed E-state index contributed by atoms with van der Waals surface area (Å²) in [5, 5.41) is 13.3. The second kappa shape index (κ2) is 11.9. The summed E-state index contributed by atoms with van der Waals surface area (Å²) in [4.78, 5) is 37.5. The smallest absolute Gasteiger partial charge is 0.269 e. The van der Waals surface area contributed by atoms with Crippen molar-refractivity contribution >= 4 is 41.7 Å². The fraction of sp³-hybridized carbons (Fsp3) is 0.556. The number of carbonyl (C=O) groups is 2. The maximum atomic E-state index is 12.9. The fourth-order valence-corrected chi connectivity index (χ4v) is 4.03. The standard InChI is InChI=1S/C18H26N4O4S.ClH/c1-13(27-16-7-5-14(6-8-16)22(25)26)18(24)21-11-3-2-4-15(21)12-20-17(23)9-10-19;/h5-8,13,15H,2-4,9-12,19H2,1H3,(H,20,23);1H. The molecule has 0 spiro atoms. The monoisotopic (exact) mass is 430 g/mol. The lowest BCUT2D eigenvalue weighted by Crippen LogP contribution is -2.51. The van der Waals surface area contributed by atoms with Gasteiger partial charge in [0.15, 0.2) is 0 Å². The molecule has 1 aliphatic rings. The number of nitrogens with one attached hydrogen (secondary N) is 1. The average molecular weight is 431 g/mol. The van der Waals surface area contributed by atoms with Gasteiger partial charge in [0.1, 0.15) is 0 Å². The minimum Gasteiger partial charge on any atom is -0.354 e. The molecule has 0 radical (unpaired) electrons. The van der Waals surface area contributed by atoms with Gasteiger partial charge in [-0.25, -0.2) is 0 Å². The fourth-order valence-electron chi connectivity index (χ4n) is 3.09. The van der Waals surface area contributed by atoms with E-state index in [0.717, 1.165) is 24.2 Å². The van der Waals surface area contributed by atoms with Crippen LogP contribution in [-0.4, -0.2) is 52.6 Å². The van der Waals surface area contributed by atoms with Crippen LogP contribution in [0.3, 0.4) is 0 Å². The Labute approximate surface area is 175 Å². The summed E-state index contributed by atoms with van der Waals surface area (Å²) in [7, 11) is 0. The minimum absolute atomic E-state index is 0. The summed E-state index contributed by atoms with van der Waals surface area (Å²) in [6, 6.07) is 6.19. The van der Waals surface area contributed by atoms with Crippen molar-refractivity contribution < 1.29 is 14.5 Å². The summed E-state index contributed by atoms with van der Waals surface area (Å²) in [6.45, 7) is 3.27. The predicted molar refractivity (Wildman–Crippen MR) is 112 cm³/mol. The van der Waals surface area contributed by atoms with Crippen LogP contribution in [0, 0.1) is 10.1 Å². The zero-order valence-corrected chi connectivity index (χ0v) is 17.5. The summed E-state index contributed by atoms with van der Waals surface area (Å²) in [6.07, 6.45) is 3.13. The van der Waals surface area contributed by atoms with Crippen LogP contribution in [0.4, 0.5) is 5.69 Å². The average Bonchev–Trinajstić information content (AvgIpc) is 2.66. The van der Waals surface area contributed by atoms with Crippen LogP contribution in [-0.2, 0) is 9.59 Å². The van der Waals surface area contributed by atoms with Gasteiger partial charge in [-0.05, 0) is 38.3 Å². The number of nitro benzene ring substituents is 1. The molecule has 0 bridgehead atoms. The number of halogens is 1. The van der Waals surface area contributed by atoms with Gasteiger partial charge >= 0.3 is 0 Å². The van der Waals surface area contributed by atoms with Crippen LogP contribution in [0.15, 0.2) is 29.2 Å².